The van der Waals surface area contributed by atoms with Crippen LogP contribution in [0, 0.1) is 10.1 Å². The van der Waals surface area contributed by atoms with Crippen molar-refractivity contribution in [3.05, 3.63) is 58.1 Å². The van der Waals surface area contributed by atoms with E-state index in [1.807, 2.05) is 0 Å². The number of rotatable bonds is 8. The predicted molar refractivity (Wildman–Crippen MR) is 103 cm³/mol. The van der Waals surface area contributed by atoms with E-state index < -0.39 is 14.9 Å². The zero-order valence-corrected chi connectivity index (χ0v) is 15.7. The van der Waals surface area contributed by atoms with Crippen LogP contribution in [0.1, 0.15) is 19.4 Å². The van der Waals surface area contributed by atoms with Gasteiger partial charge in [-0.15, -0.1) is 0 Å². The molecule has 0 unspecified atom stereocenters. The lowest BCUT2D eigenvalue weighted by Crippen LogP contribution is -2.31. The molecule has 2 aromatic carbocycles. The Morgan fingerprint density at radius 1 is 1.22 bits per heavy atom. The van der Waals surface area contributed by atoms with Crippen molar-refractivity contribution >= 4 is 27.6 Å². The predicted octanol–water partition coefficient (Wildman–Crippen LogP) is 2.78. The molecule has 2 rings (SSSR count). The normalized spacial score (nSPS) is 11.8. The number of nitro benzene ring substituents is 1. The first-order valence-electron chi connectivity index (χ1n) is 8.16. The number of anilines is 1. The smallest absolute Gasteiger partial charge is 0.270 e. The van der Waals surface area contributed by atoms with Gasteiger partial charge in [0.2, 0.25) is 10.0 Å². The summed E-state index contributed by atoms with van der Waals surface area (Å²) in [5.74, 6) is 0.0686. The molecule has 0 amide bonds. The summed E-state index contributed by atoms with van der Waals surface area (Å²) in [6.07, 6.45) is 1.40. The van der Waals surface area contributed by atoms with Crippen LogP contribution in [0.25, 0.3) is 0 Å². The van der Waals surface area contributed by atoms with Crippen LogP contribution in [-0.2, 0) is 10.0 Å². The number of benzene rings is 2. The van der Waals surface area contributed by atoms with Crippen molar-refractivity contribution in [3.63, 3.8) is 0 Å². The number of nitrogens with one attached hydrogen (secondary N) is 1. The number of hydrazone groups is 1. The highest BCUT2D eigenvalue weighted by Crippen LogP contribution is 2.29. The lowest BCUT2D eigenvalue weighted by Gasteiger charge is -2.20. The van der Waals surface area contributed by atoms with Gasteiger partial charge in [-0.1, -0.05) is 26.0 Å². The lowest BCUT2D eigenvalue weighted by molar-refractivity contribution is -0.385. The zero-order valence-electron chi connectivity index (χ0n) is 14.9. The minimum atomic E-state index is -3.94. The first-order valence-corrected chi connectivity index (χ1v) is 9.60. The SMILES string of the molecule is CCN(CC)S(=O)(=O)c1cc([N+](=O)[O-])ccc1N/N=C\c1cccc(O)c1. The van der Waals surface area contributed by atoms with Crippen LogP contribution in [0.5, 0.6) is 5.75 Å². The van der Waals surface area contributed by atoms with Crippen molar-refractivity contribution in [2.45, 2.75) is 18.7 Å². The van der Waals surface area contributed by atoms with E-state index in [2.05, 4.69) is 10.5 Å². The van der Waals surface area contributed by atoms with Gasteiger partial charge in [-0.3, -0.25) is 15.5 Å². The second-order valence-corrected chi connectivity index (χ2v) is 7.40. The first-order chi connectivity index (χ1) is 12.8. The highest BCUT2D eigenvalue weighted by molar-refractivity contribution is 7.89. The van der Waals surface area contributed by atoms with Crippen molar-refractivity contribution in [2.75, 3.05) is 18.5 Å². The molecule has 0 atom stereocenters. The molecule has 0 radical (unpaired) electrons. The van der Waals surface area contributed by atoms with Gasteiger partial charge in [0, 0.05) is 25.2 Å². The van der Waals surface area contributed by atoms with E-state index in [0.29, 0.717) is 5.56 Å². The molecule has 144 valence electrons. The molecule has 0 heterocycles. The third-order valence-electron chi connectivity index (χ3n) is 3.77. The van der Waals surface area contributed by atoms with Crippen molar-refractivity contribution in [2.24, 2.45) is 5.10 Å². The Morgan fingerprint density at radius 2 is 1.93 bits per heavy atom. The number of hydrogen-bond donors (Lipinski definition) is 2. The summed E-state index contributed by atoms with van der Waals surface area (Å²) in [5, 5.41) is 24.5. The Bertz CT molecular complexity index is 956. The number of sulfonamides is 1. The molecular weight excluding hydrogens is 372 g/mol. The van der Waals surface area contributed by atoms with Crippen molar-refractivity contribution in [1.82, 2.24) is 4.31 Å². The van der Waals surface area contributed by atoms with Gasteiger partial charge in [-0.2, -0.15) is 9.41 Å². The topological polar surface area (TPSA) is 125 Å². The zero-order chi connectivity index (χ0) is 20.0. The molecule has 10 heteroatoms. The van der Waals surface area contributed by atoms with E-state index in [9.17, 15) is 23.6 Å². The van der Waals surface area contributed by atoms with Gasteiger partial charge in [-0.25, -0.2) is 8.42 Å². The summed E-state index contributed by atoms with van der Waals surface area (Å²) in [6.45, 7) is 3.83. The van der Waals surface area contributed by atoms with Crippen LogP contribution in [0.3, 0.4) is 0 Å². The molecule has 2 aromatic rings. The second-order valence-electron chi connectivity index (χ2n) is 5.49. The number of nitrogens with zero attached hydrogens (tertiary/aromatic N) is 3. The van der Waals surface area contributed by atoms with E-state index in [1.165, 1.54) is 34.8 Å². The number of phenolic OH excluding ortho intramolecular Hbond substituents is 1. The average Bonchev–Trinajstić information content (AvgIpc) is 2.62. The number of non-ortho nitro benzene ring substituents is 1. The molecule has 0 aromatic heterocycles. The largest absolute Gasteiger partial charge is 0.508 e. The third kappa shape index (κ3) is 4.80. The first kappa shape index (κ1) is 20.3. The van der Waals surface area contributed by atoms with Crippen LogP contribution < -0.4 is 5.43 Å². The molecule has 9 nitrogen and oxygen atoms in total. The summed E-state index contributed by atoms with van der Waals surface area (Å²) < 4.78 is 26.9. The Kier molecular flexibility index (Phi) is 6.48. The number of nitro groups is 1. The van der Waals surface area contributed by atoms with Gasteiger partial charge in [0.25, 0.3) is 5.69 Å². The molecular formula is C17H20N4O5S. The molecule has 2 N–H and O–H groups in total. The van der Waals surface area contributed by atoms with E-state index in [1.54, 1.807) is 26.0 Å². The lowest BCUT2D eigenvalue weighted by atomic mass is 10.2. The molecule has 0 bridgehead atoms. The Labute approximate surface area is 157 Å². The second kappa shape index (κ2) is 8.60. The van der Waals surface area contributed by atoms with E-state index in [-0.39, 0.29) is 35.1 Å². The molecule has 0 aliphatic rings. The molecule has 0 saturated heterocycles. The van der Waals surface area contributed by atoms with Gasteiger partial charge >= 0.3 is 0 Å². The fourth-order valence-electron chi connectivity index (χ4n) is 2.41. The molecule has 0 aliphatic heterocycles. The van der Waals surface area contributed by atoms with Crippen LogP contribution in [0.15, 0.2) is 52.5 Å². The fraction of sp³-hybridized carbons (Fsp3) is 0.235. The molecule has 0 aliphatic carbocycles. The summed E-state index contributed by atoms with van der Waals surface area (Å²) >= 11 is 0. The monoisotopic (exact) mass is 392 g/mol. The number of phenols is 1. The Hall–Kier alpha value is -2.98. The summed E-state index contributed by atoms with van der Waals surface area (Å²) in [6, 6.07) is 9.85. The van der Waals surface area contributed by atoms with E-state index in [0.717, 1.165) is 6.07 Å². The van der Waals surface area contributed by atoms with Crippen molar-refractivity contribution in [1.29, 1.82) is 0 Å². The third-order valence-corrected chi connectivity index (χ3v) is 5.86. The van der Waals surface area contributed by atoms with Crippen molar-refractivity contribution < 1.29 is 18.4 Å². The molecule has 0 spiro atoms. The van der Waals surface area contributed by atoms with Gasteiger partial charge in [0.1, 0.15) is 10.6 Å². The van der Waals surface area contributed by atoms with E-state index >= 15 is 0 Å². The highest BCUT2D eigenvalue weighted by atomic mass is 32.2. The fourth-order valence-corrected chi connectivity index (χ4v) is 4.03. The Balaban J connectivity index is 2.42. The van der Waals surface area contributed by atoms with Crippen LogP contribution in [0.2, 0.25) is 0 Å². The maximum atomic E-state index is 12.8. The quantitative estimate of drug-likeness (QED) is 0.404. The van der Waals surface area contributed by atoms with Gasteiger partial charge in [0.05, 0.1) is 16.8 Å². The molecule has 27 heavy (non-hydrogen) atoms. The molecule has 0 fully saturated rings. The minimum absolute atomic E-state index is 0.0686. The van der Waals surface area contributed by atoms with Gasteiger partial charge in [0.15, 0.2) is 0 Å². The highest BCUT2D eigenvalue weighted by Gasteiger charge is 2.27. The van der Waals surface area contributed by atoms with Crippen LogP contribution in [-0.4, -0.2) is 42.1 Å². The van der Waals surface area contributed by atoms with E-state index in [4.69, 9.17) is 0 Å². The summed E-state index contributed by atoms with van der Waals surface area (Å²) in [5.41, 5.74) is 3.00. The standard InChI is InChI=1S/C17H20N4O5S/c1-3-20(4-2)27(25,26)17-11-14(21(23)24)8-9-16(17)19-18-12-13-6-5-7-15(22)10-13/h5-12,19,22H,3-4H2,1-2H3/b18-12-. The minimum Gasteiger partial charge on any atom is -0.508 e. The molecule has 0 saturated carbocycles. The summed E-state index contributed by atoms with van der Waals surface area (Å²) in [4.78, 5) is 10.2. The average molecular weight is 392 g/mol. The number of hydrogen-bond acceptors (Lipinski definition) is 7. The number of aromatic hydroxyl groups is 1. The summed E-state index contributed by atoms with van der Waals surface area (Å²) in [7, 11) is -3.94. The maximum absolute atomic E-state index is 12.8. The van der Waals surface area contributed by atoms with Crippen LogP contribution in [0.4, 0.5) is 11.4 Å². The van der Waals surface area contributed by atoms with Crippen molar-refractivity contribution in [3.8, 4) is 5.75 Å². The van der Waals surface area contributed by atoms with Crippen LogP contribution >= 0.6 is 0 Å². The maximum Gasteiger partial charge on any atom is 0.270 e. The Morgan fingerprint density at radius 3 is 2.52 bits per heavy atom. The van der Waals surface area contributed by atoms with Gasteiger partial charge in [-0.05, 0) is 23.8 Å². The van der Waals surface area contributed by atoms with Gasteiger partial charge < -0.3 is 5.11 Å².